The molecule has 0 atom stereocenters. The first-order valence-electron chi connectivity index (χ1n) is 11.0. The molecule has 0 bridgehead atoms. The van der Waals surface area contributed by atoms with Gasteiger partial charge < -0.3 is 0 Å². The maximum absolute atomic E-state index is 15.2. The molecule has 0 saturated carbocycles. The van der Waals surface area contributed by atoms with Crippen LogP contribution < -0.4 is 0 Å². The van der Waals surface area contributed by atoms with Crippen molar-refractivity contribution in [3.63, 3.8) is 0 Å². The number of aryl methyl sites for hydroxylation is 3. The first-order chi connectivity index (χ1) is 16.1. The molecule has 0 unspecified atom stereocenters. The lowest BCUT2D eigenvalue weighted by molar-refractivity contribution is 0.616. The van der Waals surface area contributed by atoms with E-state index in [9.17, 15) is 4.39 Å². The Kier molecular flexibility index (Phi) is 6.90. The fraction of sp³-hybridized carbons (Fsp3) is 0.172. The predicted molar refractivity (Wildman–Crippen MR) is 129 cm³/mol. The van der Waals surface area contributed by atoms with Crippen LogP contribution in [0.15, 0.2) is 79.0 Å². The van der Waals surface area contributed by atoms with Crippen molar-refractivity contribution in [2.75, 3.05) is 0 Å². The number of hydrogen-bond acceptors (Lipinski definition) is 2. The van der Waals surface area contributed by atoms with Crippen LogP contribution in [0.2, 0.25) is 0 Å². The highest BCUT2D eigenvalue weighted by Crippen LogP contribution is 2.27. The van der Waals surface area contributed by atoms with E-state index < -0.39 is 5.82 Å². The third kappa shape index (κ3) is 5.15. The first-order valence-corrected chi connectivity index (χ1v) is 11.0. The SMILES string of the molecule is C/C=C/CCc1ccc(-c2ccc3c(F)c(CCc4ccc(C#N)c(F)c4)ccc3c2)nc1. The summed E-state index contributed by atoms with van der Waals surface area (Å²) in [4.78, 5) is 4.59. The lowest BCUT2D eigenvalue weighted by Gasteiger charge is -2.09. The van der Waals surface area contributed by atoms with E-state index in [0.717, 1.165) is 35.0 Å². The molecule has 3 aromatic carbocycles. The van der Waals surface area contributed by atoms with Gasteiger partial charge in [0.05, 0.1) is 11.3 Å². The molecule has 4 heteroatoms. The maximum atomic E-state index is 15.2. The second-order valence-corrected chi connectivity index (χ2v) is 8.06. The van der Waals surface area contributed by atoms with Gasteiger partial charge in [0.15, 0.2) is 0 Å². The Morgan fingerprint density at radius 1 is 0.909 bits per heavy atom. The van der Waals surface area contributed by atoms with Gasteiger partial charge in [-0.05, 0) is 78.9 Å². The molecule has 0 spiro atoms. The van der Waals surface area contributed by atoms with Crippen molar-refractivity contribution >= 4 is 10.8 Å². The number of benzene rings is 3. The van der Waals surface area contributed by atoms with Gasteiger partial charge in [-0.25, -0.2) is 8.78 Å². The molecule has 0 aliphatic rings. The molecule has 1 aromatic heterocycles. The van der Waals surface area contributed by atoms with Gasteiger partial charge in [0.2, 0.25) is 0 Å². The predicted octanol–water partition coefficient (Wildman–Crippen LogP) is 7.35. The Bertz CT molecular complexity index is 1350. The second kappa shape index (κ2) is 10.2. The van der Waals surface area contributed by atoms with Crippen molar-refractivity contribution in [2.45, 2.75) is 32.6 Å². The molecular formula is C29H24F2N2. The zero-order valence-corrected chi connectivity index (χ0v) is 18.5. The lowest BCUT2D eigenvalue weighted by Crippen LogP contribution is -1.97. The van der Waals surface area contributed by atoms with E-state index in [1.807, 2.05) is 49.5 Å². The Morgan fingerprint density at radius 3 is 2.48 bits per heavy atom. The van der Waals surface area contributed by atoms with Crippen LogP contribution in [0.5, 0.6) is 0 Å². The summed E-state index contributed by atoms with van der Waals surface area (Å²) in [7, 11) is 0. The third-order valence-electron chi connectivity index (χ3n) is 5.83. The van der Waals surface area contributed by atoms with E-state index in [4.69, 9.17) is 5.26 Å². The minimum atomic E-state index is -0.541. The monoisotopic (exact) mass is 438 g/mol. The van der Waals surface area contributed by atoms with Crippen LogP contribution in [0, 0.1) is 23.0 Å². The van der Waals surface area contributed by atoms with Gasteiger partial charge in [-0.15, -0.1) is 0 Å². The zero-order chi connectivity index (χ0) is 23.2. The molecule has 33 heavy (non-hydrogen) atoms. The highest BCUT2D eigenvalue weighted by Gasteiger charge is 2.10. The van der Waals surface area contributed by atoms with E-state index in [-0.39, 0.29) is 11.4 Å². The molecule has 4 aromatic rings. The Hall–Kier alpha value is -3.84. The maximum Gasteiger partial charge on any atom is 0.141 e. The summed E-state index contributed by atoms with van der Waals surface area (Å²) in [5.41, 5.74) is 4.34. The van der Waals surface area contributed by atoms with E-state index in [1.165, 1.54) is 17.7 Å². The van der Waals surface area contributed by atoms with Crippen molar-refractivity contribution in [1.82, 2.24) is 4.98 Å². The number of hydrogen-bond donors (Lipinski definition) is 0. The van der Waals surface area contributed by atoms with Gasteiger partial charge in [-0.2, -0.15) is 5.26 Å². The number of halogens is 2. The molecule has 0 radical (unpaired) electrons. The first kappa shape index (κ1) is 22.4. The molecular weight excluding hydrogens is 414 g/mol. The van der Waals surface area contributed by atoms with Gasteiger partial charge >= 0.3 is 0 Å². The van der Waals surface area contributed by atoms with Crippen LogP contribution in [0.25, 0.3) is 22.0 Å². The Balaban J connectivity index is 1.51. The van der Waals surface area contributed by atoms with Crippen LogP contribution in [-0.2, 0) is 19.3 Å². The molecule has 0 fully saturated rings. The summed E-state index contributed by atoms with van der Waals surface area (Å²) >= 11 is 0. The Morgan fingerprint density at radius 2 is 1.76 bits per heavy atom. The fourth-order valence-electron chi connectivity index (χ4n) is 3.93. The van der Waals surface area contributed by atoms with Crippen LogP contribution in [0.3, 0.4) is 0 Å². The number of nitriles is 1. The normalized spacial score (nSPS) is 11.2. The average Bonchev–Trinajstić information content (AvgIpc) is 2.84. The summed E-state index contributed by atoms with van der Waals surface area (Å²) in [6, 6.07) is 19.8. The zero-order valence-electron chi connectivity index (χ0n) is 18.5. The van der Waals surface area contributed by atoms with Crippen LogP contribution in [0.4, 0.5) is 8.78 Å². The molecule has 1 heterocycles. The average molecular weight is 439 g/mol. The van der Waals surface area contributed by atoms with Gasteiger partial charge in [0.1, 0.15) is 17.7 Å². The van der Waals surface area contributed by atoms with Crippen LogP contribution in [0.1, 0.15) is 35.6 Å². The molecule has 0 saturated heterocycles. The lowest BCUT2D eigenvalue weighted by atomic mass is 9.98. The number of aromatic nitrogens is 1. The standard InChI is InChI=1S/C29H24F2N2/c1-2-3-4-5-21-8-15-28(33-19-21)24-13-14-26-23(17-24)12-11-22(29(26)31)9-6-20-7-10-25(18-32)27(30)16-20/h2-3,7-8,10-17,19H,4-6,9H2,1H3/b3-2+. The van der Waals surface area contributed by atoms with E-state index in [0.29, 0.717) is 23.8 Å². The number of rotatable bonds is 7. The highest BCUT2D eigenvalue weighted by atomic mass is 19.1. The molecule has 2 nitrogen and oxygen atoms in total. The molecule has 0 aliphatic heterocycles. The van der Waals surface area contributed by atoms with Crippen LogP contribution in [-0.4, -0.2) is 4.98 Å². The topological polar surface area (TPSA) is 36.7 Å². The summed E-state index contributed by atoms with van der Waals surface area (Å²) in [5, 5.41) is 10.2. The molecule has 164 valence electrons. The van der Waals surface area contributed by atoms with E-state index >= 15 is 4.39 Å². The van der Waals surface area contributed by atoms with Gasteiger partial charge in [-0.1, -0.05) is 48.6 Å². The summed E-state index contributed by atoms with van der Waals surface area (Å²) in [6.07, 6.45) is 8.99. The molecule has 0 aliphatic carbocycles. The molecule has 0 N–H and O–H groups in total. The van der Waals surface area contributed by atoms with Gasteiger partial charge in [0.25, 0.3) is 0 Å². The summed E-state index contributed by atoms with van der Waals surface area (Å²) in [5.74, 6) is -0.790. The molecule has 4 rings (SSSR count). The third-order valence-corrected chi connectivity index (χ3v) is 5.83. The van der Waals surface area contributed by atoms with E-state index in [2.05, 4.69) is 17.1 Å². The molecule has 0 amide bonds. The Labute approximate surface area is 192 Å². The largest absolute Gasteiger partial charge is 0.256 e. The number of pyridine rings is 1. The van der Waals surface area contributed by atoms with Crippen molar-refractivity contribution in [1.29, 1.82) is 5.26 Å². The number of fused-ring (bicyclic) bond motifs is 1. The minimum Gasteiger partial charge on any atom is -0.256 e. The van der Waals surface area contributed by atoms with E-state index in [1.54, 1.807) is 18.2 Å². The van der Waals surface area contributed by atoms with Gasteiger partial charge in [0, 0.05) is 17.1 Å². The van der Waals surface area contributed by atoms with Crippen molar-refractivity contribution < 1.29 is 8.78 Å². The summed E-state index contributed by atoms with van der Waals surface area (Å²) < 4.78 is 29.0. The smallest absolute Gasteiger partial charge is 0.141 e. The van der Waals surface area contributed by atoms with Crippen molar-refractivity contribution in [2.24, 2.45) is 0 Å². The van der Waals surface area contributed by atoms with Gasteiger partial charge in [-0.3, -0.25) is 4.98 Å². The van der Waals surface area contributed by atoms with Crippen molar-refractivity contribution in [3.05, 3.63) is 113 Å². The minimum absolute atomic E-state index is 0.0178. The number of allylic oxidation sites excluding steroid dienone is 2. The quantitative estimate of drug-likeness (QED) is 0.283. The summed E-state index contributed by atoms with van der Waals surface area (Å²) in [6.45, 7) is 2.02. The van der Waals surface area contributed by atoms with Crippen molar-refractivity contribution in [3.8, 4) is 17.3 Å². The van der Waals surface area contributed by atoms with Crippen LogP contribution >= 0.6 is 0 Å². The highest BCUT2D eigenvalue weighted by molar-refractivity contribution is 5.88. The second-order valence-electron chi connectivity index (χ2n) is 8.06. The number of nitrogens with zero attached hydrogens (tertiary/aromatic N) is 2. The fourth-order valence-corrected chi connectivity index (χ4v) is 3.93.